The maximum absolute atomic E-state index is 14.1. The number of amides is 2. The molecule has 1 aromatic rings. The number of ether oxygens (including phenoxy) is 2. The lowest BCUT2D eigenvalue weighted by Gasteiger charge is -2.40. The lowest BCUT2D eigenvalue weighted by Crippen LogP contribution is -2.56. The van der Waals surface area contributed by atoms with Gasteiger partial charge in [0.15, 0.2) is 0 Å². The van der Waals surface area contributed by atoms with Gasteiger partial charge >= 0.3 is 0 Å². The van der Waals surface area contributed by atoms with E-state index in [1.807, 2.05) is 9.80 Å². The topological polar surface area (TPSA) is 88.9 Å². The van der Waals surface area contributed by atoms with Gasteiger partial charge < -0.3 is 29.2 Å². The Labute approximate surface area is 241 Å². The van der Waals surface area contributed by atoms with Crippen molar-refractivity contribution in [2.75, 3.05) is 59.7 Å². The number of piperidine rings is 1. The highest BCUT2D eigenvalue weighted by Gasteiger charge is 2.36. The van der Waals surface area contributed by atoms with Crippen molar-refractivity contribution in [1.29, 1.82) is 0 Å². The van der Waals surface area contributed by atoms with Crippen LogP contribution in [0.1, 0.15) is 69.2 Å². The zero-order chi connectivity index (χ0) is 25.9. The quantitative estimate of drug-likeness (QED) is 0.361. The fourth-order valence-corrected chi connectivity index (χ4v) is 5.21. The van der Waals surface area contributed by atoms with Gasteiger partial charge in [-0.1, -0.05) is 27.2 Å². The summed E-state index contributed by atoms with van der Waals surface area (Å²) in [5.41, 5.74) is 0.667. The molecule has 9 nitrogen and oxygen atoms in total. The molecule has 1 aromatic heterocycles. The van der Waals surface area contributed by atoms with Gasteiger partial charge in [-0.15, -0.1) is 24.8 Å². The number of imidazole rings is 1. The van der Waals surface area contributed by atoms with Crippen molar-refractivity contribution >= 4 is 36.6 Å². The van der Waals surface area contributed by atoms with Gasteiger partial charge in [0.05, 0.1) is 25.3 Å². The Bertz CT molecular complexity index is 832. The molecule has 0 radical (unpaired) electrons. The Hall–Kier alpha value is -1.39. The fraction of sp³-hybridized carbons (Fsp3) is 0.815. The van der Waals surface area contributed by atoms with E-state index in [9.17, 15) is 9.59 Å². The van der Waals surface area contributed by atoms with Gasteiger partial charge in [0.2, 0.25) is 5.91 Å². The number of halogens is 2. The van der Waals surface area contributed by atoms with Gasteiger partial charge in [0, 0.05) is 65.4 Å². The molecule has 11 heteroatoms. The molecule has 3 heterocycles. The van der Waals surface area contributed by atoms with Crippen LogP contribution in [0, 0.1) is 11.8 Å². The number of unbranched alkanes of at least 4 members (excludes halogenated alkanes) is 2. The summed E-state index contributed by atoms with van der Waals surface area (Å²) in [6.07, 6.45) is 7.36. The van der Waals surface area contributed by atoms with E-state index < -0.39 is 0 Å². The van der Waals surface area contributed by atoms with Crippen molar-refractivity contribution in [2.45, 2.75) is 71.9 Å². The number of carbonyl (C=O) groups excluding carboxylic acids is 2. The third-order valence-electron chi connectivity index (χ3n) is 7.15. The minimum Gasteiger partial charge on any atom is -0.385 e. The number of nitrogens with zero attached hydrogens (tertiary/aromatic N) is 4. The van der Waals surface area contributed by atoms with Gasteiger partial charge in [-0.05, 0) is 31.6 Å². The van der Waals surface area contributed by atoms with Crippen LogP contribution in [0.25, 0.3) is 0 Å². The number of rotatable bonds is 13. The smallest absolute Gasteiger partial charge is 0.272 e. The summed E-state index contributed by atoms with van der Waals surface area (Å²) in [4.78, 5) is 35.9. The standard InChI is InChI=1S/C27H47N5O4.2ClH/c1-5-6-9-25-29-19-24(31(25)10-7-8-13-35-4)27(34)32(20-21(2)3)23-16-22(17-28-18-23)26(33)30-11-14-36-15-12-30;;/h19,21-23,28H,5-18,20H2,1-4H3;2*1H/t22-,23+;;/m1../s1. The van der Waals surface area contributed by atoms with Crippen LogP contribution in [-0.2, 0) is 27.2 Å². The van der Waals surface area contributed by atoms with Gasteiger partial charge in [0.1, 0.15) is 11.5 Å². The molecule has 2 amide bonds. The summed E-state index contributed by atoms with van der Waals surface area (Å²) in [6.45, 7) is 12.5. The summed E-state index contributed by atoms with van der Waals surface area (Å²) in [7, 11) is 1.72. The number of hydrogen-bond donors (Lipinski definition) is 1. The monoisotopic (exact) mass is 577 g/mol. The second-order valence-corrected chi connectivity index (χ2v) is 10.5. The summed E-state index contributed by atoms with van der Waals surface area (Å²) in [5, 5.41) is 3.45. The van der Waals surface area contributed by atoms with Crippen molar-refractivity contribution in [3.05, 3.63) is 17.7 Å². The number of carbonyl (C=O) groups is 2. The number of hydrogen-bond acceptors (Lipinski definition) is 6. The average molecular weight is 579 g/mol. The molecule has 0 unspecified atom stereocenters. The second-order valence-electron chi connectivity index (χ2n) is 10.5. The van der Waals surface area contributed by atoms with E-state index in [2.05, 4.69) is 35.6 Å². The predicted octanol–water partition coefficient (Wildman–Crippen LogP) is 3.43. The summed E-state index contributed by atoms with van der Waals surface area (Å²) in [5.74, 6) is 1.39. The van der Waals surface area contributed by atoms with Crippen molar-refractivity contribution in [3.8, 4) is 0 Å². The van der Waals surface area contributed by atoms with E-state index >= 15 is 0 Å². The van der Waals surface area contributed by atoms with Crippen molar-refractivity contribution < 1.29 is 19.1 Å². The Balaban J connectivity index is 0.00000361. The van der Waals surface area contributed by atoms with Crippen LogP contribution in [-0.4, -0.2) is 96.9 Å². The number of methoxy groups -OCH3 is 1. The molecule has 1 N–H and O–H groups in total. The van der Waals surface area contributed by atoms with E-state index in [4.69, 9.17) is 9.47 Å². The van der Waals surface area contributed by atoms with E-state index in [0.717, 1.165) is 44.5 Å². The van der Waals surface area contributed by atoms with Gasteiger partial charge in [-0.2, -0.15) is 0 Å². The van der Waals surface area contributed by atoms with E-state index in [0.29, 0.717) is 70.6 Å². The molecule has 2 aliphatic heterocycles. The summed E-state index contributed by atoms with van der Waals surface area (Å²) < 4.78 is 12.8. The molecule has 220 valence electrons. The number of morpholine rings is 1. The first-order valence-corrected chi connectivity index (χ1v) is 13.9. The first kappa shape index (κ1) is 34.6. The molecule has 0 saturated carbocycles. The van der Waals surface area contributed by atoms with Crippen molar-refractivity contribution in [2.24, 2.45) is 11.8 Å². The molecule has 3 rings (SSSR count). The Morgan fingerprint density at radius 2 is 1.92 bits per heavy atom. The van der Waals surface area contributed by atoms with Gasteiger partial charge in [0.25, 0.3) is 5.91 Å². The number of nitrogens with one attached hydrogen (secondary N) is 1. The largest absolute Gasteiger partial charge is 0.385 e. The van der Waals surface area contributed by atoms with Crippen LogP contribution < -0.4 is 5.32 Å². The highest BCUT2D eigenvalue weighted by Crippen LogP contribution is 2.23. The van der Waals surface area contributed by atoms with Crippen LogP contribution >= 0.6 is 24.8 Å². The third-order valence-corrected chi connectivity index (χ3v) is 7.15. The molecular weight excluding hydrogens is 529 g/mol. The molecule has 0 spiro atoms. The second kappa shape index (κ2) is 18.1. The fourth-order valence-electron chi connectivity index (χ4n) is 5.21. The van der Waals surface area contributed by atoms with Crippen LogP contribution in [0.4, 0.5) is 0 Å². The first-order chi connectivity index (χ1) is 17.5. The van der Waals surface area contributed by atoms with Crippen LogP contribution in [0.2, 0.25) is 0 Å². The normalized spacial score (nSPS) is 19.6. The number of aromatic nitrogens is 2. The van der Waals surface area contributed by atoms with Crippen LogP contribution in [0.15, 0.2) is 6.20 Å². The third kappa shape index (κ3) is 9.66. The molecule has 0 aromatic carbocycles. The highest BCUT2D eigenvalue weighted by atomic mass is 35.5. The van der Waals surface area contributed by atoms with Crippen LogP contribution in [0.3, 0.4) is 0 Å². The van der Waals surface area contributed by atoms with Gasteiger partial charge in [-0.25, -0.2) is 4.98 Å². The molecule has 2 atom stereocenters. The molecule has 38 heavy (non-hydrogen) atoms. The molecule has 0 aliphatic carbocycles. The van der Waals surface area contributed by atoms with Crippen molar-refractivity contribution in [1.82, 2.24) is 24.7 Å². The first-order valence-electron chi connectivity index (χ1n) is 13.9. The molecule has 2 aliphatic rings. The van der Waals surface area contributed by atoms with Crippen molar-refractivity contribution in [3.63, 3.8) is 0 Å². The highest BCUT2D eigenvalue weighted by molar-refractivity contribution is 5.93. The maximum Gasteiger partial charge on any atom is 0.272 e. The predicted molar refractivity (Wildman–Crippen MR) is 154 cm³/mol. The SMILES string of the molecule is CCCCc1ncc(C(=O)N(CC(C)C)[C@@H]2CNC[C@H](C(=O)N3CCOCC3)C2)n1CCCCOC.Cl.Cl. The zero-order valence-electron chi connectivity index (χ0n) is 23.7. The Kier molecular flexibility index (Phi) is 16.5. The zero-order valence-corrected chi connectivity index (χ0v) is 25.3. The molecule has 2 saturated heterocycles. The van der Waals surface area contributed by atoms with E-state index in [1.54, 1.807) is 13.3 Å². The van der Waals surface area contributed by atoms with Gasteiger partial charge in [-0.3, -0.25) is 9.59 Å². The minimum atomic E-state index is -0.122. The average Bonchev–Trinajstić information content (AvgIpc) is 3.30. The minimum absolute atomic E-state index is 0. The lowest BCUT2D eigenvalue weighted by molar-refractivity contribution is -0.140. The van der Waals surface area contributed by atoms with Crippen LogP contribution in [0.5, 0.6) is 0 Å². The number of aryl methyl sites for hydroxylation is 1. The Morgan fingerprint density at radius 3 is 2.58 bits per heavy atom. The molecular formula is C27H49Cl2N5O4. The summed E-state index contributed by atoms with van der Waals surface area (Å²) >= 11 is 0. The van der Waals surface area contributed by atoms with E-state index in [-0.39, 0.29) is 48.6 Å². The van der Waals surface area contributed by atoms with E-state index in [1.165, 1.54) is 0 Å². The molecule has 0 bridgehead atoms. The molecule has 2 fully saturated rings. The maximum atomic E-state index is 14.1. The Morgan fingerprint density at radius 1 is 1.18 bits per heavy atom. The lowest BCUT2D eigenvalue weighted by atomic mass is 9.92. The summed E-state index contributed by atoms with van der Waals surface area (Å²) in [6, 6.07) is -0.0282.